The van der Waals surface area contributed by atoms with Crippen LogP contribution in [0.4, 0.5) is 15.8 Å². The van der Waals surface area contributed by atoms with Crippen molar-refractivity contribution in [3.05, 3.63) is 123 Å². The highest BCUT2D eigenvalue weighted by molar-refractivity contribution is 6.35. The van der Waals surface area contributed by atoms with Crippen LogP contribution in [0.5, 0.6) is 0 Å². The third kappa shape index (κ3) is 5.73. The Hall–Kier alpha value is -4.03. The molecule has 0 bridgehead atoms. The maximum absolute atomic E-state index is 13.4. The Labute approximate surface area is 208 Å². The van der Waals surface area contributed by atoms with Crippen LogP contribution in [0.1, 0.15) is 43.0 Å². The normalized spacial score (nSPS) is 10.6. The number of nitrogens with one attached hydrogen (secondary N) is 2. The molecule has 0 aliphatic rings. The molecule has 2 N–H and O–H groups in total. The predicted molar refractivity (Wildman–Crippen MR) is 136 cm³/mol. The molecule has 0 atom stereocenters. The van der Waals surface area contributed by atoms with E-state index in [-0.39, 0.29) is 22.5 Å². The number of pyridine rings is 1. The first-order valence-corrected chi connectivity index (χ1v) is 11.3. The Morgan fingerprint density at radius 1 is 0.943 bits per heavy atom. The van der Waals surface area contributed by atoms with Gasteiger partial charge >= 0.3 is 0 Å². The summed E-state index contributed by atoms with van der Waals surface area (Å²) in [5.41, 5.74) is 4.86. The van der Waals surface area contributed by atoms with E-state index in [0.717, 1.165) is 22.4 Å². The lowest BCUT2D eigenvalue weighted by Crippen LogP contribution is -2.23. The molecule has 176 valence electrons. The summed E-state index contributed by atoms with van der Waals surface area (Å²) >= 11 is 6.47. The molecular formula is C28H23ClFN3O2. The molecule has 4 aromatic rings. The number of hydrogen-bond donors (Lipinski definition) is 2. The monoisotopic (exact) mass is 487 g/mol. The van der Waals surface area contributed by atoms with Crippen molar-refractivity contribution in [2.45, 2.75) is 20.4 Å². The van der Waals surface area contributed by atoms with E-state index in [0.29, 0.717) is 28.9 Å². The number of carbonyl (C=O) groups excluding carboxylic acids is 2. The van der Waals surface area contributed by atoms with Crippen LogP contribution in [0.3, 0.4) is 0 Å². The van der Waals surface area contributed by atoms with Crippen molar-refractivity contribution in [2.24, 2.45) is 0 Å². The van der Waals surface area contributed by atoms with E-state index >= 15 is 0 Å². The van der Waals surface area contributed by atoms with Crippen LogP contribution in [0, 0.1) is 19.7 Å². The van der Waals surface area contributed by atoms with Crippen molar-refractivity contribution in [3.63, 3.8) is 0 Å². The first-order valence-electron chi connectivity index (χ1n) is 11.0. The van der Waals surface area contributed by atoms with Gasteiger partial charge in [0.1, 0.15) is 5.82 Å². The van der Waals surface area contributed by atoms with Gasteiger partial charge in [-0.25, -0.2) is 4.39 Å². The van der Waals surface area contributed by atoms with Crippen molar-refractivity contribution >= 4 is 34.7 Å². The average molecular weight is 488 g/mol. The summed E-state index contributed by atoms with van der Waals surface area (Å²) in [7, 11) is 0. The summed E-state index contributed by atoms with van der Waals surface area (Å²) in [6.07, 6.45) is 3.35. The molecule has 0 saturated heterocycles. The number of nitrogens with zero attached hydrogens (tertiary/aromatic N) is 1. The number of benzene rings is 3. The number of amides is 1. The van der Waals surface area contributed by atoms with E-state index in [9.17, 15) is 14.0 Å². The van der Waals surface area contributed by atoms with Crippen LogP contribution in [0.25, 0.3) is 0 Å². The second-order valence-electron chi connectivity index (χ2n) is 8.18. The average Bonchev–Trinajstić information content (AvgIpc) is 2.85. The summed E-state index contributed by atoms with van der Waals surface area (Å²) in [6, 6.07) is 18.2. The van der Waals surface area contributed by atoms with E-state index in [4.69, 9.17) is 11.6 Å². The summed E-state index contributed by atoms with van der Waals surface area (Å²) in [5.74, 6) is -0.877. The molecule has 0 radical (unpaired) electrons. The van der Waals surface area contributed by atoms with E-state index in [1.807, 2.05) is 13.0 Å². The summed E-state index contributed by atoms with van der Waals surface area (Å²) in [5, 5.41) is 6.30. The molecule has 0 unspecified atom stereocenters. The van der Waals surface area contributed by atoms with Gasteiger partial charge in [-0.2, -0.15) is 0 Å². The molecule has 0 fully saturated rings. The lowest BCUT2D eigenvalue weighted by molar-refractivity contribution is 0.0951. The Morgan fingerprint density at radius 2 is 1.77 bits per heavy atom. The van der Waals surface area contributed by atoms with Crippen molar-refractivity contribution in [1.82, 2.24) is 10.3 Å². The summed E-state index contributed by atoms with van der Waals surface area (Å²) in [4.78, 5) is 30.0. The molecule has 4 rings (SSSR count). The highest BCUT2D eigenvalue weighted by atomic mass is 35.5. The molecule has 3 aromatic carbocycles. The second-order valence-corrected chi connectivity index (χ2v) is 8.59. The van der Waals surface area contributed by atoms with Gasteiger partial charge in [-0.15, -0.1) is 0 Å². The highest BCUT2D eigenvalue weighted by Crippen LogP contribution is 2.28. The van der Waals surface area contributed by atoms with Crippen LogP contribution < -0.4 is 10.6 Å². The molecule has 1 aromatic heterocycles. The fourth-order valence-electron chi connectivity index (χ4n) is 3.64. The Kier molecular flexibility index (Phi) is 7.22. The topological polar surface area (TPSA) is 71.1 Å². The molecule has 0 aliphatic carbocycles. The quantitative estimate of drug-likeness (QED) is 0.296. The number of aryl methyl sites for hydroxylation is 2. The molecule has 35 heavy (non-hydrogen) atoms. The van der Waals surface area contributed by atoms with Gasteiger partial charge in [0.15, 0.2) is 5.78 Å². The molecule has 7 heteroatoms. The van der Waals surface area contributed by atoms with Crippen LogP contribution in [0.15, 0.2) is 79.1 Å². The zero-order valence-electron chi connectivity index (χ0n) is 19.2. The van der Waals surface area contributed by atoms with Gasteiger partial charge in [0.2, 0.25) is 0 Å². The largest absolute Gasteiger partial charge is 0.355 e. The Morgan fingerprint density at radius 3 is 2.49 bits per heavy atom. The molecule has 1 amide bonds. The van der Waals surface area contributed by atoms with Gasteiger partial charge in [0.05, 0.1) is 5.02 Å². The Bertz CT molecular complexity index is 1410. The summed E-state index contributed by atoms with van der Waals surface area (Å²) in [6.45, 7) is 3.94. The number of ketones is 1. The molecule has 5 nitrogen and oxygen atoms in total. The van der Waals surface area contributed by atoms with Crippen molar-refractivity contribution in [1.29, 1.82) is 0 Å². The first-order chi connectivity index (χ1) is 16.8. The van der Waals surface area contributed by atoms with E-state index in [1.54, 1.807) is 67.8 Å². The lowest BCUT2D eigenvalue weighted by Gasteiger charge is -2.13. The van der Waals surface area contributed by atoms with Gasteiger partial charge in [-0.05, 0) is 85.1 Å². The van der Waals surface area contributed by atoms with E-state index in [2.05, 4.69) is 15.6 Å². The first kappa shape index (κ1) is 24.1. The van der Waals surface area contributed by atoms with E-state index < -0.39 is 0 Å². The minimum absolute atomic E-state index is 0.269. The van der Waals surface area contributed by atoms with Crippen LogP contribution in [-0.4, -0.2) is 16.7 Å². The van der Waals surface area contributed by atoms with Crippen molar-refractivity contribution < 1.29 is 14.0 Å². The zero-order chi connectivity index (χ0) is 24.9. The van der Waals surface area contributed by atoms with Gasteiger partial charge in [0, 0.05) is 47.0 Å². The smallest absolute Gasteiger partial charge is 0.251 e. The van der Waals surface area contributed by atoms with Crippen molar-refractivity contribution in [3.8, 4) is 0 Å². The number of halogens is 2. The maximum atomic E-state index is 13.4. The van der Waals surface area contributed by atoms with Gasteiger partial charge < -0.3 is 10.6 Å². The molecular weight excluding hydrogens is 465 g/mol. The van der Waals surface area contributed by atoms with E-state index in [1.165, 1.54) is 12.1 Å². The number of aromatic nitrogens is 1. The number of hydrogen-bond acceptors (Lipinski definition) is 4. The number of anilines is 2. The third-order valence-electron chi connectivity index (χ3n) is 5.60. The number of carbonyl (C=O) groups is 2. The Balaban J connectivity index is 1.52. The summed E-state index contributed by atoms with van der Waals surface area (Å²) < 4.78 is 13.4. The molecule has 0 spiro atoms. The van der Waals surface area contributed by atoms with Gasteiger partial charge in [-0.3, -0.25) is 14.6 Å². The second kappa shape index (κ2) is 10.5. The SMILES string of the molecule is Cc1cc(F)ccc1Nc1ccc(C(=O)c2cc(C(=O)NCc3cccnc3)ccc2C)c(Cl)c1. The van der Waals surface area contributed by atoms with Gasteiger partial charge in [-0.1, -0.05) is 23.7 Å². The molecule has 0 aliphatic heterocycles. The predicted octanol–water partition coefficient (Wildman–Crippen LogP) is 6.40. The van der Waals surface area contributed by atoms with Crippen LogP contribution >= 0.6 is 11.6 Å². The van der Waals surface area contributed by atoms with Crippen LogP contribution in [0.2, 0.25) is 5.02 Å². The maximum Gasteiger partial charge on any atom is 0.251 e. The molecule has 0 saturated carbocycles. The standard InChI is InChI=1S/C28H23ClFN3O2/c1-17-5-6-20(28(35)32-16-19-4-3-11-31-15-19)13-24(17)27(34)23-9-8-22(14-25(23)29)33-26-10-7-21(30)12-18(26)2/h3-15,33H,16H2,1-2H3,(H,32,35). The lowest BCUT2D eigenvalue weighted by atomic mass is 9.96. The number of rotatable bonds is 7. The molecule has 1 heterocycles. The van der Waals surface area contributed by atoms with Crippen molar-refractivity contribution in [2.75, 3.05) is 5.32 Å². The minimum atomic E-state index is -0.310. The minimum Gasteiger partial charge on any atom is -0.355 e. The van der Waals surface area contributed by atoms with Gasteiger partial charge in [0.25, 0.3) is 5.91 Å². The fraction of sp³-hybridized carbons (Fsp3) is 0.107. The third-order valence-corrected chi connectivity index (χ3v) is 5.91. The highest BCUT2D eigenvalue weighted by Gasteiger charge is 2.18. The fourth-order valence-corrected chi connectivity index (χ4v) is 3.91. The van der Waals surface area contributed by atoms with Crippen LogP contribution in [-0.2, 0) is 6.54 Å². The zero-order valence-corrected chi connectivity index (χ0v) is 20.0.